The Kier molecular flexibility index (Phi) is 68.5. The van der Waals surface area contributed by atoms with E-state index in [4.69, 9.17) is 18.9 Å². The lowest BCUT2D eigenvalue weighted by atomic mass is 10.0. The van der Waals surface area contributed by atoms with E-state index in [9.17, 15) is 19.5 Å². The first-order valence-corrected chi connectivity index (χ1v) is 38.3. The van der Waals surface area contributed by atoms with Gasteiger partial charge in [0.05, 0.1) is 34.4 Å². The number of aliphatic carboxylic acids is 1. The van der Waals surface area contributed by atoms with Gasteiger partial charge in [0.2, 0.25) is 0 Å². The Labute approximate surface area is 557 Å². The summed E-state index contributed by atoms with van der Waals surface area (Å²) in [5.41, 5.74) is 0. The van der Waals surface area contributed by atoms with Crippen molar-refractivity contribution in [3.8, 4) is 0 Å². The molecule has 90 heavy (non-hydrogen) atoms. The zero-order valence-corrected chi connectivity index (χ0v) is 59.8. The molecule has 9 heteroatoms. The van der Waals surface area contributed by atoms with Crippen molar-refractivity contribution in [2.45, 2.75) is 367 Å². The molecule has 0 fully saturated rings. The van der Waals surface area contributed by atoms with E-state index in [-0.39, 0.29) is 32.2 Å². The minimum absolute atomic E-state index is 0.179. The van der Waals surface area contributed by atoms with E-state index < -0.39 is 24.3 Å². The first-order valence-electron chi connectivity index (χ1n) is 38.3. The number of nitrogens with zero attached hydrogens (tertiary/aromatic N) is 1. The van der Waals surface area contributed by atoms with Gasteiger partial charge in [0.25, 0.3) is 6.29 Å². The van der Waals surface area contributed by atoms with Crippen molar-refractivity contribution < 1.29 is 42.9 Å². The summed E-state index contributed by atoms with van der Waals surface area (Å²) in [5.74, 6) is -1.98. The monoisotopic (exact) mass is 1260 g/mol. The van der Waals surface area contributed by atoms with Crippen LogP contribution in [0.5, 0.6) is 0 Å². The minimum Gasteiger partial charge on any atom is -0.477 e. The number of hydrogen-bond acceptors (Lipinski definition) is 7. The number of hydrogen-bond donors (Lipinski definition) is 1. The number of allylic oxidation sites excluding steroid dienone is 14. The number of quaternary nitrogens is 1. The van der Waals surface area contributed by atoms with Crippen LogP contribution in [-0.4, -0.2) is 87.4 Å². The fourth-order valence-corrected chi connectivity index (χ4v) is 11.1. The van der Waals surface area contributed by atoms with E-state index >= 15 is 0 Å². The molecule has 0 spiro atoms. The molecule has 0 aromatic heterocycles. The summed E-state index contributed by atoms with van der Waals surface area (Å²) in [7, 11) is 5.99. The number of unbranched alkanes of at least 4 members (excludes halogenated alkanes) is 42. The second-order valence-corrected chi connectivity index (χ2v) is 26.9. The van der Waals surface area contributed by atoms with Gasteiger partial charge in [-0.25, -0.2) is 4.79 Å². The molecule has 0 aliphatic heterocycles. The van der Waals surface area contributed by atoms with Gasteiger partial charge in [-0.2, -0.15) is 0 Å². The van der Waals surface area contributed by atoms with Crippen LogP contribution >= 0.6 is 0 Å². The molecule has 2 atom stereocenters. The highest BCUT2D eigenvalue weighted by molar-refractivity contribution is 5.71. The predicted octanol–water partition coefficient (Wildman–Crippen LogP) is 24.2. The van der Waals surface area contributed by atoms with E-state index in [1.54, 1.807) is 0 Å². The Morgan fingerprint density at radius 3 is 0.944 bits per heavy atom. The molecular weight excluding hydrogens is 1110 g/mol. The van der Waals surface area contributed by atoms with Gasteiger partial charge in [-0.1, -0.05) is 356 Å². The molecule has 522 valence electrons. The van der Waals surface area contributed by atoms with Crippen LogP contribution in [0.2, 0.25) is 0 Å². The third kappa shape index (κ3) is 71.9. The van der Waals surface area contributed by atoms with Crippen LogP contribution in [0.3, 0.4) is 0 Å². The summed E-state index contributed by atoms with van der Waals surface area (Å²) in [6.07, 6.45) is 94.3. The highest BCUT2D eigenvalue weighted by Gasteiger charge is 2.25. The summed E-state index contributed by atoms with van der Waals surface area (Å²) >= 11 is 0. The quantitative estimate of drug-likeness (QED) is 0.0211. The van der Waals surface area contributed by atoms with Gasteiger partial charge in [-0.15, -0.1) is 0 Å². The zero-order chi connectivity index (χ0) is 65.4. The summed E-state index contributed by atoms with van der Waals surface area (Å²) < 4.78 is 23.0. The maximum absolute atomic E-state index is 13.0. The number of likely N-dealkylation sites (N-methyl/N-ethyl adjacent to an activating group) is 1. The van der Waals surface area contributed by atoms with E-state index in [0.717, 1.165) is 83.5 Å². The third-order valence-corrected chi connectivity index (χ3v) is 16.9. The molecule has 0 radical (unpaired) electrons. The van der Waals surface area contributed by atoms with Gasteiger partial charge >= 0.3 is 17.9 Å². The Bertz CT molecular complexity index is 1760. The smallest absolute Gasteiger partial charge is 0.361 e. The van der Waals surface area contributed by atoms with Gasteiger partial charge in [0.15, 0.2) is 6.10 Å². The van der Waals surface area contributed by atoms with Crippen LogP contribution in [0.1, 0.15) is 354 Å². The average molecular weight is 1260 g/mol. The van der Waals surface area contributed by atoms with Crippen LogP contribution in [0.15, 0.2) is 85.1 Å². The lowest BCUT2D eigenvalue weighted by Crippen LogP contribution is -2.40. The number of carboxylic acids is 1. The van der Waals surface area contributed by atoms with Crippen molar-refractivity contribution in [1.82, 2.24) is 0 Å². The number of ether oxygens (including phenoxy) is 4. The van der Waals surface area contributed by atoms with E-state index in [2.05, 4.69) is 98.9 Å². The first-order chi connectivity index (χ1) is 44.1. The van der Waals surface area contributed by atoms with Crippen molar-refractivity contribution in [3.63, 3.8) is 0 Å². The topological polar surface area (TPSA) is 108 Å². The normalized spacial score (nSPS) is 13.1. The van der Waals surface area contributed by atoms with Crippen LogP contribution in [-0.2, 0) is 33.3 Å². The zero-order valence-electron chi connectivity index (χ0n) is 59.8. The van der Waals surface area contributed by atoms with Gasteiger partial charge in [0, 0.05) is 12.8 Å². The van der Waals surface area contributed by atoms with Gasteiger partial charge in [-0.05, 0) is 70.6 Å². The minimum atomic E-state index is -1.51. The molecule has 1 N–H and O–H groups in total. The van der Waals surface area contributed by atoms with Crippen molar-refractivity contribution in [1.29, 1.82) is 0 Å². The molecule has 0 saturated heterocycles. The number of carbonyl (C=O) groups excluding carboxylic acids is 2. The molecule has 9 nitrogen and oxygen atoms in total. The number of carboxylic acid groups (broad SMARTS) is 1. The second-order valence-electron chi connectivity index (χ2n) is 26.9. The van der Waals surface area contributed by atoms with Gasteiger partial charge < -0.3 is 28.5 Å². The number of carbonyl (C=O) groups is 3. The van der Waals surface area contributed by atoms with Crippen LogP contribution in [0, 0.1) is 0 Å². The number of rotatable bonds is 71. The Morgan fingerprint density at radius 1 is 0.344 bits per heavy atom. The Balaban J connectivity index is 4.04. The Hall–Kier alpha value is -3.53. The maximum Gasteiger partial charge on any atom is 0.361 e. The second kappa shape index (κ2) is 71.3. The molecule has 0 aliphatic rings. The molecule has 0 aromatic carbocycles. The molecule has 0 aromatic rings. The largest absolute Gasteiger partial charge is 0.477 e. The maximum atomic E-state index is 13.0. The standard InChI is InChI=1S/C81H145NO8/c1-6-8-10-12-14-16-18-20-22-24-26-28-30-32-34-36-37-38-39-40-41-42-43-44-46-48-50-52-54-56-58-60-62-64-66-68-70-72-79(84)90-77(76-89-81(80(85)86)87-74-73-82(3,4)5)75-88-78(83)71-69-67-65-63-61-59-57-55-53-51-49-47-45-35-33-31-29-27-25-23-21-19-17-15-13-11-9-7-2/h8,10,14,16,20,22,26,28,32,34,37-38,40-41,77,81H,6-7,9,11-13,15,17-19,21,23-25,27,29-31,33,35-36,39,42-76H2,1-5H3/p+1/b10-8-,16-14-,22-20-,28-26-,34-32-,38-37-,41-40-. The lowest BCUT2D eigenvalue weighted by Gasteiger charge is -2.25. The van der Waals surface area contributed by atoms with E-state index in [1.165, 1.54) is 244 Å². The highest BCUT2D eigenvalue weighted by Crippen LogP contribution is 2.19. The third-order valence-electron chi connectivity index (χ3n) is 16.9. The van der Waals surface area contributed by atoms with Crippen molar-refractivity contribution in [3.05, 3.63) is 85.1 Å². The Morgan fingerprint density at radius 2 is 0.633 bits per heavy atom. The summed E-state index contributed by atoms with van der Waals surface area (Å²) in [4.78, 5) is 37.7. The van der Waals surface area contributed by atoms with E-state index in [0.29, 0.717) is 17.4 Å². The van der Waals surface area contributed by atoms with Gasteiger partial charge in [-0.3, -0.25) is 9.59 Å². The van der Waals surface area contributed by atoms with Crippen molar-refractivity contribution >= 4 is 17.9 Å². The molecular formula is C81H146NO8+. The number of esters is 2. The lowest BCUT2D eigenvalue weighted by molar-refractivity contribution is -0.870. The summed E-state index contributed by atoms with van der Waals surface area (Å²) in [6.45, 7) is 4.82. The van der Waals surface area contributed by atoms with Crippen LogP contribution in [0.4, 0.5) is 0 Å². The van der Waals surface area contributed by atoms with E-state index in [1.807, 2.05) is 21.1 Å². The van der Waals surface area contributed by atoms with Crippen LogP contribution in [0.25, 0.3) is 0 Å². The first kappa shape index (κ1) is 86.5. The van der Waals surface area contributed by atoms with Gasteiger partial charge in [0.1, 0.15) is 13.2 Å². The van der Waals surface area contributed by atoms with Crippen molar-refractivity contribution in [2.24, 2.45) is 0 Å². The van der Waals surface area contributed by atoms with Crippen molar-refractivity contribution in [2.75, 3.05) is 47.5 Å². The molecule has 2 unspecified atom stereocenters. The average Bonchev–Trinajstić information content (AvgIpc) is 3.74. The molecule has 0 amide bonds. The SMILES string of the molecule is CC/C=C\C/C=C\C/C=C\C/C=C\C/C=C\C/C=C\C/C=C\CCCCCCCCCCCCCCCCCC(=O)OC(COC(=O)CCCCCCCCCCCCCCCCCCCCCCCCCCCCCC)COC(OCC[N+](C)(C)C)C(=O)O. The molecule has 0 aliphatic carbocycles. The molecule has 0 heterocycles. The molecule has 0 saturated carbocycles. The fourth-order valence-electron chi connectivity index (χ4n) is 11.1. The fraction of sp³-hybridized carbons (Fsp3) is 0.790. The van der Waals surface area contributed by atoms with Crippen LogP contribution < -0.4 is 0 Å². The molecule has 0 rings (SSSR count). The highest BCUT2D eigenvalue weighted by atomic mass is 16.7. The predicted molar refractivity (Wildman–Crippen MR) is 387 cm³/mol. The summed E-state index contributed by atoms with van der Waals surface area (Å²) in [5, 5.41) is 9.76. The summed E-state index contributed by atoms with van der Waals surface area (Å²) in [6, 6.07) is 0. The molecule has 0 bridgehead atoms.